The molecule has 0 aromatic heterocycles. The van der Waals surface area contributed by atoms with E-state index in [4.69, 9.17) is 4.74 Å². The maximum Gasteiger partial charge on any atom is 0.251 e. The van der Waals surface area contributed by atoms with Gasteiger partial charge in [0.2, 0.25) is 0 Å². The van der Waals surface area contributed by atoms with Crippen molar-refractivity contribution in [1.82, 2.24) is 10.6 Å². The molecule has 0 saturated carbocycles. The van der Waals surface area contributed by atoms with Crippen LogP contribution < -0.4 is 10.6 Å². The van der Waals surface area contributed by atoms with E-state index in [1.54, 1.807) is 13.8 Å². The van der Waals surface area contributed by atoms with E-state index in [0.717, 1.165) is 12.1 Å². The van der Waals surface area contributed by atoms with Crippen LogP contribution in [-0.4, -0.2) is 68.7 Å². The Kier molecular flexibility index (Phi) is 8.06. The first-order valence-corrected chi connectivity index (χ1v) is 9.52. The van der Waals surface area contributed by atoms with E-state index in [1.165, 1.54) is 24.3 Å². The average Bonchev–Trinajstić information content (AvgIpc) is 2.72. The Morgan fingerprint density at radius 3 is 1.68 bits per heavy atom. The summed E-state index contributed by atoms with van der Waals surface area (Å²) in [6.07, 6.45) is -2.31. The van der Waals surface area contributed by atoms with Crippen molar-refractivity contribution in [3.05, 3.63) is 47.5 Å². The zero-order valence-corrected chi connectivity index (χ0v) is 17.1. The molecule has 2 aromatic carbocycles. The van der Waals surface area contributed by atoms with E-state index in [-0.39, 0.29) is 41.8 Å². The Bertz CT molecular complexity index is 932. The van der Waals surface area contributed by atoms with Crippen molar-refractivity contribution in [2.24, 2.45) is 0 Å². The number of aliphatic hydroxyl groups is 1. The Hall–Kier alpha value is -3.50. The lowest BCUT2D eigenvalue weighted by molar-refractivity contribution is -0.0606. The quantitative estimate of drug-likeness (QED) is 0.285. The van der Waals surface area contributed by atoms with Gasteiger partial charge in [-0.25, -0.2) is 0 Å². The molecule has 10 nitrogen and oxygen atoms in total. The van der Waals surface area contributed by atoms with Gasteiger partial charge in [0, 0.05) is 24.2 Å². The monoisotopic (exact) mass is 434 g/mol. The number of phenolic OH excluding ortho intramolecular Hbond substituents is 4. The number of hydrogen-bond acceptors (Lipinski definition) is 8. The van der Waals surface area contributed by atoms with Gasteiger partial charge in [-0.3, -0.25) is 9.59 Å². The fourth-order valence-electron chi connectivity index (χ4n) is 2.68. The lowest BCUT2D eigenvalue weighted by Crippen LogP contribution is -2.47. The zero-order valence-electron chi connectivity index (χ0n) is 17.1. The van der Waals surface area contributed by atoms with Gasteiger partial charge in [-0.2, -0.15) is 0 Å². The second-order valence-corrected chi connectivity index (χ2v) is 7.12. The first-order valence-electron chi connectivity index (χ1n) is 9.52. The Labute approximate surface area is 178 Å². The van der Waals surface area contributed by atoms with Gasteiger partial charge in [0.25, 0.3) is 11.8 Å². The van der Waals surface area contributed by atoms with Crippen LogP contribution in [0, 0.1) is 0 Å². The van der Waals surface area contributed by atoms with Gasteiger partial charge in [-0.1, -0.05) is 0 Å². The molecule has 7 N–H and O–H groups in total. The van der Waals surface area contributed by atoms with Crippen molar-refractivity contribution in [3.63, 3.8) is 0 Å². The van der Waals surface area contributed by atoms with Gasteiger partial charge < -0.3 is 40.9 Å². The van der Waals surface area contributed by atoms with Crippen LogP contribution in [0.25, 0.3) is 0 Å². The Morgan fingerprint density at radius 2 is 1.26 bits per heavy atom. The summed E-state index contributed by atoms with van der Waals surface area (Å²) in [7, 11) is 0. The van der Waals surface area contributed by atoms with Gasteiger partial charge in [-0.15, -0.1) is 0 Å². The van der Waals surface area contributed by atoms with E-state index in [1.807, 2.05) is 0 Å². The lowest BCUT2D eigenvalue weighted by Gasteiger charge is -2.26. The van der Waals surface area contributed by atoms with Crippen LogP contribution in [0.2, 0.25) is 0 Å². The number of phenols is 4. The number of aliphatic hydroxyl groups excluding tert-OH is 1. The van der Waals surface area contributed by atoms with E-state index in [0.29, 0.717) is 0 Å². The number of rotatable bonds is 9. The predicted octanol–water partition coefficient (Wildman–Crippen LogP) is 0.823. The zero-order chi connectivity index (χ0) is 23.1. The number of amides is 2. The Balaban J connectivity index is 1.96. The molecule has 0 unspecified atom stereocenters. The van der Waals surface area contributed by atoms with Crippen molar-refractivity contribution in [1.29, 1.82) is 0 Å². The molecule has 0 aliphatic carbocycles. The van der Waals surface area contributed by atoms with Crippen LogP contribution in [0.3, 0.4) is 0 Å². The molecule has 0 radical (unpaired) electrons. The van der Waals surface area contributed by atoms with E-state index in [2.05, 4.69) is 10.6 Å². The van der Waals surface area contributed by atoms with E-state index < -0.39 is 35.5 Å². The molecular formula is C21H26N2O8. The van der Waals surface area contributed by atoms with Crippen LogP contribution in [-0.2, 0) is 4.74 Å². The van der Waals surface area contributed by atoms with Crippen LogP contribution in [0.4, 0.5) is 0 Å². The molecule has 0 fully saturated rings. The smallest absolute Gasteiger partial charge is 0.251 e. The number of aromatic hydroxyl groups is 4. The summed E-state index contributed by atoms with van der Waals surface area (Å²) in [6.45, 7) is 3.21. The molecule has 2 amide bonds. The van der Waals surface area contributed by atoms with Gasteiger partial charge in [0.1, 0.15) is 6.10 Å². The van der Waals surface area contributed by atoms with Gasteiger partial charge >= 0.3 is 0 Å². The summed E-state index contributed by atoms with van der Waals surface area (Å²) in [5.41, 5.74) is 0.192. The minimum absolute atomic E-state index is 0.0873. The highest BCUT2D eigenvalue weighted by Crippen LogP contribution is 2.25. The molecule has 10 heteroatoms. The van der Waals surface area contributed by atoms with Gasteiger partial charge in [0.05, 0.1) is 12.2 Å². The topological polar surface area (TPSA) is 169 Å². The molecule has 31 heavy (non-hydrogen) atoms. The predicted molar refractivity (Wildman–Crippen MR) is 110 cm³/mol. The first-order chi connectivity index (χ1) is 14.6. The van der Waals surface area contributed by atoms with Crippen LogP contribution in [0.15, 0.2) is 36.4 Å². The van der Waals surface area contributed by atoms with Crippen molar-refractivity contribution >= 4 is 11.8 Å². The summed E-state index contributed by atoms with van der Waals surface area (Å²) >= 11 is 0. The largest absolute Gasteiger partial charge is 0.504 e. The maximum absolute atomic E-state index is 12.3. The average molecular weight is 434 g/mol. The summed E-state index contributed by atoms with van der Waals surface area (Å²) in [4.78, 5) is 24.5. The molecule has 0 aliphatic heterocycles. The molecular weight excluding hydrogens is 408 g/mol. The van der Waals surface area contributed by atoms with Gasteiger partial charge in [-0.05, 0) is 50.2 Å². The number of carbonyl (C=O) groups is 2. The third-order valence-electron chi connectivity index (χ3n) is 4.29. The molecule has 2 aromatic rings. The fraction of sp³-hybridized carbons (Fsp3) is 0.333. The fourth-order valence-corrected chi connectivity index (χ4v) is 2.68. The number of hydrogen-bond donors (Lipinski definition) is 7. The molecule has 0 bridgehead atoms. The molecule has 0 saturated heterocycles. The normalized spacial score (nSPS) is 12.9. The molecule has 0 spiro atoms. The summed E-state index contributed by atoms with van der Waals surface area (Å²) in [6, 6.07) is 7.18. The van der Waals surface area contributed by atoms with E-state index in [9.17, 15) is 35.1 Å². The lowest BCUT2D eigenvalue weighted by atomic mass is 10.1. The van der Waals surface area contributed by atoms with Crippen LogP contribution in [0.1, 0.15) is 34.6 Å². The molecule has 168 valence electrons. The Morgan fingerprint density at radius 1 is 0.806 bits per heavy atom. The third-order valence-corrected chi connectivity index (χ3v) is 4.29. The minimum Gasteiger partial charge on any atom is -0.504 e. The van der Waals surface area contributed by atoms with E-state index >= 15 is 0 Å². The van der Waals surface area contributed by atoms with Crippen LogP contribution >= 0.6 is 0 Å². The number of nitrogens with one attached hydrogen (secondary N) is 2. The highest BCUT2D eigenvalue weighted by atomic mass is 16.5. The molecule has 2 atom stereocenters. The number of carbonyl (C=O) groups excluding carboxylic acids is 2. The summed E-state index contributed by atoms with van der Waals surface area (Å²) in [5, 5.41) is 53.2. The second-order valence-electron chi connectivity index (χ2n) is 7.12. The second kappa shape index (κ2) is 10.5. The molecule has 0 aliphatic rings. The standard InChI is InChI=1S/C21H26N2O8/c1-11(2)31-19(10-23-21(30)13-4-6-15(25)17(27)8-13)18(28)9-22-20(29)12-3-5-14(24)16(26)7-12/h3-8,11,18-19,24-28H,9-10H2,1-2H3,(H,22,29)(H,23,30)/t18-,19+/m0/s1. The van der Waals surface area contributed by atoms with Crippen molar-refractivity contribution in [3.8, 4) is 23.0 Å². The van der Waals surface area contributed by atoms with Crippen molar-refractivity contribution < 1.29 is 39.9 Å². The minimum atomic E-state index is -1.18. The molecule has 2 rings (SSSR count). The highest BCUT2D eigenvalue weighted by molar-refractivity contribution is 5.95. The summed E-state index contributed by atoms with van der Waals surface area (Å²) < 4.78 is 5.64. The van der Waals surface area contributed by atoms with Crippen molar-refractivity contribution in [2.45, 2.75) is 32.2 Å². The maximum atomic E-state index is 12.3. The van der Waals surface area contributed by atoms with Crippen LogP contribution in [0.5, 0.6) is 23.0 Å². The number of benzene rings is 2. The molecule has 0 heterocycles. The number of ether oxygens (including phenoxy) is 1. The van der Waals surface area contributed by atoms with Crippen molar-refractivity contribution in [2.75, 3.05) is 13.1 Å². The first kappa shape index (κ1) is 23.8. The summed E-state index contributed by atoms with van der Waals surface area (Å²) in [5.74, 6) is -2.74. The third kappa shape index (κ3) is 6.76. The SMILES string of the molecule is CC(C)O[C@H](CNC(=O)c1ccc(O)c(O)c1)[C@@H](O)CNC(=O)c1ccc(O)c(O)c1. The highest BCUT2D eigenvalue weighted by Gasteiger charge is 2.23. The van der Waals surface area contributed by atoms with Gasteiger partial charge in [0.15, 0.2) is 23.0 Å².